The number of amides is 1. The van der Waals surface area contributed by atoms with Crippen LogP contribution >= 0.6 is 11.6 Å². The summed E-state index contributed by atoms with van der Waals surface area (Å²) in [4.78, 5) is 13.3. The number of fused-ring (bicyclic) bond motifs is 1. The lowest BCUT2D eigenvalue weighted by molar-refractivity contribution is -0.122. The minimum Gasteiger partial charge on any atom is -0.476 e. The van der Waals surface area contributed by atoms with Crippen LogP contribution in [0.5, 0.6) is 5.75 Å². The van der Waals surface area contributed by atoms with Gasteiger partial charge in [-0.15, -0.1) is 0 Å². The van der Waals surface area contributed by atoms with Crippen molar-refractivity contribution in [2.24, 2.45) is 0 Å². The molecule has 0 saturated carbocycles. The number of sulfonamides is 2. The second-order valence-electron chi connectivity index (χ2n) is 9.45. The monoisotopic (exact) mass is 611 g/mol. The van der Waals surface area contributed by atoms with Crippen molar-refractivity contribution in [3.05, 3.63) is 107 Å². The van der Waals surface area contributed by atoms with E-state index in [0.29, 0.717) is 22.1 Å². The highest BCUT2D eigenvalue weighted by atomic mass is 35.5. The van der Waals surface area contributed by atoms with Gasteiger partial charge in [-0.2, -0.15) is 0 Å². The highest BCUT2D eigenvalue weighted by molar-refractivity contribution is 7.93. The molecule has 4 aromatic carbocycles. The summed E-state index contributed by atoms with van der Waals surface area (Å²) in [6.07, 6.45) is -1.18. The summed E-state index contributed by atoms with van der Waals surface area (Å²) >= 11 is 5.94. The van der Waals surface area contributed by atoms with Gasteiger partial charge in [0.05, 0.1) is 27.7 Å². The maximum atomic E-state index is 13.5. The normalized spacial score (nSPS) is 15.0. The van der Waals surface area contributed by atoms with Crippen LogP contribution in [0.4, 0.5) is 17.1 Å². The van der Waals surface area contributed by atoms with Gasteiger partial charge in [0.2, 0.25) is 0 Å². The molecule has 1 heterocycles. The highest BCUT2D eigenvalue weighted by Gasteiger charge is 2.37. The molecule has 1 aliphatic rings. The largest absolute Gasteiger partial charge is 0.476 e. The molecule has 212 valence electrons. The number of carbonyl (C=O) groups is 1. The van der Waals surface area contributed by atoms with E-state index < -0.39 is 32.1 Å². The fourth-order valence-corrected chi connectivity index (χ4v) is 7.21. The first-order valence-electron chi connectivity index (χ1n) is 12.5. The molecule has 0 spiro atoms. The fourth-order valence-electron chi connectivity index (χ4n) is 4.41. The number of benzene rings is 4. The van der Waals surface area contributed by atoms with Crippen molar-refractivity contribution in [3.8, 4) is 5.75 Å². The van der Waals surface area contributed by atoms with E-state index in [0.717, 1.165) is 15.4 Å². The molecular formula is C29H26ClN3O6S2. The number of aryl methyl sites for hydroxylation is 2. The van der Waals surface area contributed by atoms with E-state index in [-0.39, 0.29) is 22.1 Å². The van der Waals surface area contributed by atoms with Gasteiger partial charge in [-0.3, -0.25) is 13.8 Å². The fraction of sp³-hybridized carbons (Fsp3) is 0.138. The topological polar surface area (TPSA) is 122 Å². The smallest absolute Gasteiger partial charge is 0.267 e. The van der Waals surface area contributed by atoms with Gasteiger partial charge in [0.25, 0.3) is 26.0 Å². The maximum absolute atomic E-state index is 13.5. The summed E-state index contributed by atoms with van der Waals surface area (Å²) in [5.41, 5.74) is 2.71. The lowest BCUT2D eigenvalue weighted by Gasteiger charge is -2.34. The minimum absolute atomic E-state index is 0.0150. The zero-order valence-corrected chi connectivity index (χ0v) is 24.4. The second kappa shape index (κ2) is 11.1. The molecule has 0 aliphatic carbocycles. The average molecular weight is 612 g/mol. The first-order chi connectivity index (χ1) is 19.5. The first kappa shape index (κ1) is 28.5. The van der Waals surface area contributed by atoms with Crippen molar-refractivity contribution >= 4 is 54.6 Å². The molecule has 0 aromatic heterocycles. The van der Waals surface area contributed by atoms with Crippen LogP contribution in [0.2, 0.25) is 5.02 Å². The Morgan fingerprint density at radius 2 is 1.44 bits per heavy atom. The molecule has 1 atom stereocenters. The summed E-state index contributed by atoms with van der Waals surface area (Å²) in [6.45, 7) is 3.36. The van der Waals surface area contributed by atoms with Crippen molar-refractivity contribution in [3.63, 3.8) is 0 Å². The molecule has 0 saturated heterocycles. The lowest BCUT2D eigenvalue weighted by atomic mass is 10.1. The van der Waals surface area contributed by atoms with E-state index in [4.69, 9.17) is 16.3 Å². The number of nitrogens with one attached hydrogen (secondary N) is 2. The third kappa shape index (κ3) is 5.88. The molecule has 1 amide bonds. The Morgan fingerprint density at radius 3 is 2.10 bits per heavy atom. The van der Waals surface area contributed by atoms with E-state index in [1.807, 2.05) is 32.0 Å². The molecule has 2 N–H and O–H groups in total. The van der Waals surface area contributed by atoms with Gasteiger partial charge in [-0.25, -0.2) is 16.8 Å². The van der Waals surface area contributed by atoms with Crippen LogP contribution in [0.25, 0.3) is 0 Å². The lowest BCUT2D eigenvalue weighted by Crippen LogP contribution is -2.48. The number of rotatable bonds is 7. The van der Waals surface area contributed by atoms with Crippen molar-refractivity contribution in [1.82, 2.24) is 0 Å². The Morgan fingerprint density at radius 1 is 0.829 bits per heavy atom. The van der Waals surface area contributed by atoms with Crippen molar-refractivity contribution in [2.45, 2.75) is 29.7 Å². The maximum Gasteiger partial charge on any atom is 0.267 e. The van der Waals surface area contributed by atoms with Gasteiger partial charge in [-0.05, 0) is 85.6 Å². The second-order valence-corrected chi connectivity index (χ2v) is 13.4. The number of ether oxygens (including phenoxy) is 1. The number of hydrogen-bond donors (Lipinski definition) is 2. The molecule has 0 unspecified atom stereocenters. The van der Waals surface area contributed by atoms with E-state index in [2.05, 4.69) is 10.0 Å². The van der Waals surface area contributed by atoms with Gasteiger partial charge in [-0.1, -0.05) is 41.9 Å². The number of carbonyl (C=O) groups excluding carboxylic acids is 1. The average Bonchev–Trinajstić information content (AvgIpc) is 2.95. The van der Waals surface area contributed by atoms with Crippen molar-refractivity contribution in [1.29, 1.82) is 0 Å². The summed E-state index contributed by atoms with van der Waals surface area (Å²) in [6, 6.07) is 23.4. The van der Waals surface area contributed by atoms with Crippen LogP contribution in [0.1, 0.15) is 11.1 Å². The Kier molecular flexibility index (Phi) is 7.69. The number of halogens is 1. The molecule has 5 rings (SSSR count). The standard InChI is InChI=1S/C29H26ClN3O6S2/c1-19-6-5-7-20(2)28(19)32-40(35,36)23-16-12-22(13-17-23)31-29(34)27-18-33(25-8-3-4-9-26(25)39-27)41(37,38)24-14-10-21(30)11-15-24/h3-17,27,32H,18H2,1-2H3,(H,31,34)/t27-/m0/s1. The molecule has 41 heavy (non-hydrogen) atoms. The van der Waals surface area contributed by atoms with Crippen LogP contribution < -0.4 is 19.1 Å². The molecule has 0 radical (unpaired) electrons. The van der Waals surface area contributed by atoms with Crippen LogP contribution in [-0.2, 0) is 24.8 Å². The summed E-state index contributed by atoms with van der Waals surface area (Å²) < 4.78 is 62.6. The van der Waals surface area contributed by atoms with Crippen LogP contribution in [0.15, 0.2) is 101 Å². The van der Waals surface area contributed by atoms with Gasteiger partial charge in [0, 0.05) is 10.7 Å². The number of para-hydroxylation sites is 3. The highest BCUT2D eigenvalue weighted by Crippen LogP contribution is 2.37. The van der Waals surface area contributed by atoms with Crippen LogP contribution in [-0.4, -0.2) is 35.4 Å². The summed E-state index contributed by atoms with van der Waals surface area (Å²) in [7, 11) is -7.92. The van der Waals surface area contributed by atoms with Crippen molar-refractivity contribution < 1.29 is 26.4 Å². The number of hydrogen-bond acceptors (Lipinski definition) is 6. The Balaban J connectivity index is 1.35. The Bertz CT molecular complexity index is 1810. The SMILES string of the molecule is Cc1cccc(C)c1NS(=O)(=O)c1ccc(NC(=O)[C@@H]2CN(S(=O)(=O)c3ccc(Cl)cc3)c3ccccc3O2)cc1. The predicted molar refractivity (Wildman–Crippen MR) is 159 cm³/mol. The van der Waals surface area contributed by atoms with E-state index in [1.54, 1.807) is 24.3 Å². The quantitative estimate of drug-likeness (QED) is 0.290. The summed E-state index contributed by atoms with van der Waals surface area (Å²) in [5, 5.41) is 3.08. The molecule has 9 nitrogen and oxygen atoms in total. The minimum atomic E-state index is -4.04. The van der Waals surface area contributed by atoms with Gasteiger partial charge >= 0.3 is 0 Å². The summed E-state index contributed by atoms with van der Waals surface area (Å²) in [5.74, 6) is -0.365. The van der Waals surface area contributed by atoms with Gasteiger partial charge < -0.3 is 10.1 Å². The Hall–Kier alpha value is -4.06. The zero-order chi connectivity index (χ0) is 29.4. The zero-order valence-electron chi connectivity index (χ0n) is 22.0. The molecule has 12 heteroatoms. The third-order valence-electron chi connectivity index (χ3n) is 6.58. The number of nitrogens with zero attached hydrogens (tertiary/aromatic N) is 1. The molecule has 0 bridgehead atoms. The molecule has 1 aliphatic heterocycles. The van der Waals surface area contributed by atoms with Gasteiger partial charge in [0.1, 0.15) is 5.75 Å². The van der Waals surface area contributed by atoms with Crippen LogP contribution in [0.3, 0.4) is 0 Å². The molecular weight excluding hydrogens is 586 g/mol. The predicted octanol–water partition coefficient (Wildman–Crippen LogP) is 5.35. The van der Waals surface area contributed by atoms with E-state index >= 15 is 0 Å². The van der Waals surface area contributed by atoms with E-state index in [1.165, 1.54) is 48.5 Å². The molecule has 4 aromatic rings. The number of anilines is 3. The molecule has 0 fully saturated rings. The first-order valence-corrected chi connectivity index (χ1v) is 15.8. The van der Waals surface area contributed by atoms with Crippen LogP contribution in [0, 0.1) is 13.8 Å². The van der Waals surface area contributed by atoms with Crippen molar-refractivity contribution in [2.75, 3.05) is 20.9 Å². The Labute approximate surface area is 243 Å². The van der Waals surface area contributed by atoms with Gasteiger partial charge in [0.15, 0.2) is 6.10 Å². The third-order valence-corrected chi connectivity index (χ3v) is 9.99. The van der Waals surface area contributed by atoms with E-state index in [9.17, 15) is 21.6 Å².